The smallest absolute Gasteiger partial charge is 0.306 e. The molecule has 2 N–H and O–H groups in total. The van der Waals surface area contributed by atoms with Gasteiger partial charge in [0.25, 0.3) is 0 Å². The van der Waals surface area contributed by atoms with Gasteiger partial charge in [-0.25, -0.2) is 0 Å². The van der Waals surface area contributed by atoms with Gasteiger partial charge in [0.1, 0.15) is 0 Å². The lowest BCUT2D eigenvalue weighted by Gasteiger charge is -2.29. The number of aliphatic carboxylic acids is 1. The molecule has 9 nitrogen and oxygen atoms in total. The first-order chi connectivity index (χ1) is 14.0. The van der Waals surface area contributed by atoms with E-state index in [2.05, 4.69) is 15.2 Å². The topological polar surface area (TPSA) is 112 Å². The number of carboxylic acids is 1. The summed E-state index contributed by atoms with van der Waals surface area (Å²) in [6.07, 6.45) is 6.18. The molecular formula is C20H31N5O4. The molecule has 9 heteroatoms. The first kappa shape index (κ1) is 20.3. The molecule has 3 atom stereocenters. The fourth-order valence-corrected chi connectivity index (χ4v) is 5.08. The summed E-state index contributed by atoms with van der Waals surface area (Å²) in [7, 11) is 0. The van der Waals surface area contributed by atoms with Crippen molar-refractivity contribution in [2.24, 2.45) is 17.8 Å². The first-order valence-electron chi connectivity index (χ1n) is 10.8. The number of aromatic nitrogens is 3. The van der Waals surface area contributed by atoms with Gasteiger partial charge >= 0.3 is 5.97 Å². The Kier molecular flexibility index (Phi) is 6.15. The summed E-state index contributed by atoms with van der Waals surface area (Å²) in [5, 5.41) is 27.5. The maximum atomic E-state index is 12.5. The molecule has 3 fully saturated rings. The molecule has 29 heavy (non-hydrogen) atoms. The fourth-order valence-electron chi connectivity index (χ4n) is 5.08. The summed E-state index contributed by atoms with van der Waals surface area (Å²) in [6.45, 7) is 4.38. The van der Waals surface area contributed by atoms with Gasteiger partial charge in [-0.1, -0.05) is 5.21 Å². The van der Waals surface area contributed by atoms with Crippen LogP contribution in [-0.2, 0) is 22.7 Å². The second-order valence-corrected chi connectivity index (χ2v) is 8.83. The number of likely N-dealkylation sites (tertiary alicyclic amines) is 2. The zero-order chi connectivity index (χ0) is 20.4. The van der Waals surface area contributed by atoms with E-state index in [1.807, 2.05) is 11.1 Å². The summed E-state index contributed by atoms with van der Waals surface area (Å²) in [4.78, 5) is 27.6. The van der Waals surface area contributed by atoms with E-state index in [0.29, 0.717) is 44.8 Å². The van der Waals surface area contributed by atoms with Crippen LogP contribution in [0.1, 0.15) is 44.2 Å². The number of aliphatic hydroxyl groups is 1. The fraction of sp³-hybridized carbons (Fsp3) is 0.800. The zero-order valence-electron chi connectivity index (χ0n) is 16.8. The number of carbonyl (C=O) groups excluding carboxylic acids is 1. The minimum Gasteiger partial charge on any atom is -0.481 e. The number of aliphatic hydroxyl groups excluding tert-OH is 1. The normalized spacial score (nSPS) is 28.0. The van der Waals surface area contributed by atoms with Crippen LogP contribution in [0.25, 0.3) is 0 Å². The Morgan fingerprint density at radius 2 is 1.93 bits per heavy atom. The van der Waals surface area contributed by atoms with Crippen molar-refractivity contribution in [1.82, 2.24) is 24.8 Å². The SMILES string of the molecule is O=C(O)C1CCN(Cc2cn(CCCC(=O)N3C[C@H]4CC[C@@H](O)[C@H]4C3)nn2)CC1. The number of amides is 1. The van der Waals surface area contributed by atoms with Crippen molar-refractivity contribution >= 4 is 11.9 Å². The maximum Gasteiger partial charge on any atom is 0.306 e. The predicted octanol–water partition coefficient (Wildman–Crippen LogP) is 0.584. The molecule has 0 aromatic carbocycles. The summed E-state index contributed by atoms with van der Waals surface area (Å²) in [6, 6.07) is 0. The van der Waals surface area contributed by atoms with Gasteiger partial charge in [-0.05, 0) is 51.1 Å². The molecule has 160 valence electrons. The van der Waals surface area contributed by atoms with Crippen molar-refractivity contribution in [3.63, 3.8) is 0 Å². The third kappa shape index (κ3) is 4.78. The van der Waals surface area contributed by atoms with Crippen molar-refractivity contribution in [2.45, 2.75) is 57.7 Å². The molecule has 0 bridgehead atoms. The van der Waals surface area contributed by atoms with Gasteiger partial charge in [0.15, 0.2) is 0 Å². The molecule has 1 aromatic heterocycles. The number of nitrogens with zero attached hydrogens (tertiary/aromatic N) is 5. The average Bonchev–Trinajstić information content (AvgIpc) is 3.40. The highest BCUT2D eigenvalue weighted by Gasteiger charge is 2.42. The lowest BCUT2D eigenvalue weighted by atomic mass is 9.97. The third-order valence-corrected chi connectivity index (χ3v) is 6.86. The molecule has 0 spiro atoms. The van der Waals surface area contributed by atoms with Gasteiger partial charge in [0, 0.05) is 44.7 Å². The first-order valence-corrected chi connectivity index (χ1v) is 10.8. The van der Waals surface area contributed by atoms with Crippen molar-refractivity contribution in [3.05, 3.63) is 11.9 Å². The van der Waals surface area contributed by atoms with Crippen molar-refractivity contribution in [2.75, 3.05) is 26.2 Å². The van der Waals surface area contributed by atoms with Gasteiger partial charge in [-0.2, -0.15) is 0 Å². The van der Waals surface area contributed by atoms with E-state index in [9.17, 15) is 14.7 Å². The van der Waals surface area contributed by atoms with Crippen molar-refractivity contribution in [1.29, 1.82) is 0 Å². The number of hydrogen-bond acceptors (Lipinski definition) is 6. The second kappa shape index (κ2) is 8.79. The molecule has 1 amide bonds. The third-order valence-electron chi connectivity index (χ3n) is 6.86. The Morgan fingerprint density at radius 3 is 2.66 bits per heavy atom. The largest absolute Gasteiger partial charge is 0.481 e. The molecule has 1 aliphatic carbocycles. The van der Waals surface area contributed by atoms with Crippen LogP contribution in [0.4, 0.5) is 0 Å². The summed E-state index contributed by atoms with van der Waals surface area (Å²) in [5.41, 5.74) is 0.881. The van der Waals surface area contributed by atoms with E-state index in [1.54, 1.807) is 4.68 Å². The lowest BCUT2D eigenvalue weighted by Crippen LogP contribution is -2.35. The minimum atomic E-state index is -0.696. The van der Waals surface area contributed by atoms with E-state index in [0.717, 1.165) is 44.6 Å². The van der Waals surface area contributed by atoms with Gasteiger partial charge in [-0.15, -0.1) is 5.10 Å². The lowest BCUT2D eigenvalue weighted by molar-refractivity contribution is -0.143. The van der Waals surface area contributed by atoms with Crippen LogP contribution in [0.5, 0.6) is 0 Å². The monoisotopic (exact) mass is 405 g/mol. The highest BCUT2D eigenvalue weighted by atomic mass is 16.4. The van der Waals surface area contributed by atoms with Crippen LogP contribution in [0, 0.1) is 17.8 Å². The number of aryl methyl sites for hydroxylation is 1. The maximum absolute atomic E-state index is 12.5. The molecule has 0 unspecified atom stereocenters. The Labute approximate surface area is 170 Å². The molecule has 0 radical (unpaired) electrons. The molecule has 3 heterocycles. The van der Waals surface area contributed by atoms with E-state index in [-0.39, 0.29) is 23.8 Å². The molecule has 1 saturated carbocycles. The van der Waals surface area contributed by atoms with Crippen LogP contribution in [0.15, 0.2) is 6.20 Å². The Hall–Kier alpha value is -2.00. The molecular weight excluding hydrogens is 374 g/mol. The van der Waals surface area contributed by atoms with Crippen LogP contribution < -0.4 is 0 Å². The van der Waals surface area contributed by atoms with Crippen LogP contribution >= 0.6 is 0 Å². The minimum absolute atomic E-state index is 0.174. The van der Waals surface area contributed by atoms with Crippen LogP contribution in [-0.4, -0.2) is 79.2 Å². The highest BCUT2D eigenvalue weighted by molar-refractivity contribution is 5.76. The molecule has 2 aliphatic heterocycles. The second-order valence-electron chi connectivity index (χ2n) is 8.83. The number of rotatable bonds is 7. The Bertz CT molecular complexity index is 730. The van der Waals surface area contributed by atoms with Crippen molar-refractivity contribution < 1.29 is 19.8 Å². The average molecular weight is 405 g/mol. The van der Waals surface area contributed by atoms with E-state index in [4.69, 9.17) is 5.11 Å². The molecule has 2 saturated heterocycles. The van der Waals surface area contributed by atoms with Gasteiger partial charge in [0.2, 0.25) is 5.91 Å². The van der Waals surface area contributed by atoms with Gasteiger partial charge in [0.05, 0.1) is 17.7 Å². The Balaban J connectivity index is 1.16. The summed E-state index contributed by atoms with van der Waals surface area (Å²) < 4.78 is 1.79. The number of fused-ring (bicyclic) bond motifs is 1. The van der Waals surface area contributed by atoms with Gasteiger partial charge in [-0.3, -0.25) is 19.2 Å². The molecule has 1 aromatic rings. The van der Waals surface area contributed by atoms with E-state index < -0.39 is 5.97 Å². The number of carboxylic acid groups (broad SMARTS) is 1. The highest BCUT2D eigenvalue weighted by Crippen LogP contribution is 2.38. The number of carbonyl (C=O) groups is 2. The van der Waals surface area contributed by atoms with E-state index in [1.165, 1.54) is 0 Å². The predicted molar refractivity (Wildman–Crippen MR) is 104 cm³/mol. The number of hydrogen-bond donors (Lipinski definition) is 2. The zero-order valence-corrected chi connectivity index (χ0v) is 16.8. The number of piperidine rings is 1. The standard InChI is InChI=1S/C20H31N5O4/c26-18-4-3-15-10-24(13-17(15)18)19(27)2-1-7-25-12-16(21-22-25)11-23-8-5-14(6-9-23)20(28)29/h12,14-15,17-18,26H,1-11,13H2,(H,28,29)/t15-,17+,18-/m1/s1. The van der Waals surface area contributed by atoms with Gasteiger partial charge < -0.3 is 15.1 Å². The molecule has 3 aliphatic rings. The van der Waals surface area contributed by atoms with Crippen LogP contribution in [0.3, 0.4) is 0 Å². The van der Waals surface area contributed by atoms with Crippen LogP contribution in [0.2, 0.25) is 0 Å². The summed E-state index contributed by atoms with van der Waals surface area (Å²) in [5.74, 6) is 0.00869. The molecule has 4 rings (SSSR count). The summed E-state index contributed by atoms with van der Waals surface area (Å²) >= 11 is 0. The Morgan fingerprint density at radius 1 is 1.14 bits per heavy atom. The quantitative estimate of drug-likeness (QED) is 0.683. The van der Waals surface area contributed by atoms with Crippen molar-refractivity contribution in [3.8, 4) is 0 Å². The van der Waals surface area contributed by atoms with E-state index >= 15 is 0 Å².